The van der Waals surface area contributed by atoms with Crippen molar-refractivity contribution in [1.82, 2.24) is 24.1 Å². The normalized spacial score (nSPS) is 19.2. The van der Waals surface area contributed by atoms with Crippen molar-refractivity contribution in [3.63, 3.8) is 0 Å². The van der Waals surface area contributed by atoms with Crippen LogP contribution in [0.25, 0.3) is 21.8 Å². The molecular weight excluding hydrogens is 653 g/mol. The third-order valence-electron chi connectivity index (χ3n) is 9.52. The van der Waals surface area contributed by atoms with Crippen LogP contribution in [0, 0.1) is 5.82 Å². The molecule has 0 spiro atoms. The molecule has 3 fully saturated rings. The Morgan fingerprint density at radius 1 is 1.02 bits per heavy atom. The Labute approximate surface area is 284 Å². The lowest BCUT2D eigenvalue weighted by atomic mass is 9.89. The number of imide groups is 1. The number of likely N-dealkylation sites (tertiary alicyclic amines) is 1. The van der Waals surface area contributed by atoms with E-state index in [9.17, 15) is 29.1 Å². The number of phenols is 1. The summed E-state index contributed by atoms with van der Waals surface area (Å²) in [7, 11) is 0. The van der Waals surface area contributed by atoms with Crippen LogP contribution in [-0.2, 0) is 19.2 Å². The summed E-state index contributed by atoms with van der Waals surface area (Å²) in [4.78, 5) is 64.6. The number of anilines is 2. The van der Waals surface area contributed by atoms with E-state index in [1.54, 1.807) is 22.8 Å². The van der Waals surface area contributed by atoms with E-state index in [1.807, 2.05) is 32.0 Å². The molecule has 3 aromatic carbocycles. The van der Waals surface area contributed by atoms with Crippen LogP contribution in [0.5, 0.6) is 5.75 Å². The highest BCUT2D eigenvalue weighted by Crippen LogP contribution is 2.40. The van der Waals surface area contributed by atoms with Crippen molar-refractivity contribution in [3.8, 4) is 5.75 Å². The summed E-state index contributed by atoms with van der Waals surface area (Å²) in [6.07, 6.45) is 2.08. The van der Waals surface area contributed by atoms with Gasteiger partial charge in [-0.3, -0.25) is 47.6 Å². The number of amides is 4. The van der Waals surface area contributed by atoms with E-state index in [0.29, 0.717) is 29.7 Å². The number of rotatable bonds is 7. The van der Waals surface area contributed by atoms with E-state index in [4.69, 9.17) is 0 Å². The first-order valence-electron chi connectivity index (χ1n) is 16.3. The van der Waals surface area contributed by atoms with E-state index in [-0.39, 0.29) is 78.1 Å². The quantitative estimate of drug-likeness (QED) is 0.168. The van der Waals surface area contributed by atoms with Gasteiger partial charge < -0.3 is 10.4 Å². The number of hydrogen-bond donors (Lipinski definition) is 4. The molecule has 1 aromatic heterocycles. The Balaban J connectivity index is 1.01. The topological polar surface area (TPSA) is 158 Å². The van der Waals surface area contributed by atoms with Gasteiger partial charge in [-0.15, -0.1) is 0 Å². The molecule has 256 valence electrons. The highest BCUT2D eigenvalue weighted by molar-refractivity contribution is 7.99. The van der Waals surface area contributed by atoms with Gasteiger partial charge >= 0.3 is 5.69 Å². The van der Waals surface area contributed by atoms with E-state index >= 15 is 4.39 Å². The number of benzene rings is 3. The highest BCUT2D eigenvalue weighted by Gasteiger charge is 2.33. The molecule has 0 saturated carbocycles. The van der Waals surface area contributed by atoms with E-state index in [2.05, 4.69) is 20.3 Å². The molecular formula is C34H36FN7O6S. The van der Waals surface area contributed by atoms with Crippen molar-refractivity contribution in [1.29, 1.82) is 0 Å². The molecule has 0 aliphatic carbocycles. The molecule has 3 aliphatic heterocycles. The van der Waals surface area contributed by atoms with Gasteiger partial charge in [0.25, 0.3) is 5.91 Å². The summed E-state index contributed by atoms with van der Waals surface area (Å²) in [5.74, 6) is -2.03. The van der Waals surface area contributed by atoms with E-state index in [0.717, 1.165) is 36.1 Å². The molecule has 4 aromatic rings. The summed E-state index contributed by atoms with van der Waals surface area (Å²) in [6, 6.07) is 11.2. The lowest BCUT2D eigenvalue weighted by Crippen LogP contribution is -2.44. The smallest absolute Gasteiger partial charge is 0.330 e. The number of nitrogens with one attached hydrogen (secondary N) is 3. The number of hydrogen-bond acceptors (Lipinski definition) is 9. The third-order valence-corrected chi connectivity index (χ3v) is 10.4. The molecule has 3 aliphatic rings. The van der Waals surface area contributed by atoms with Crippen LogP contribution in [0.4, 0.5) is 15.8 Å². The zero-order chi connectivity index (χ0) is 34.6. The van der Waals surface area contributed by atoms with Crippen molar-refractivity contribution < 1.29 is 28.7 Å². The molecule has 49 heavy (non-hydrogen) atoms. The number of carbonyl (C=O) groups is 4. The molecule has 1 unspecified atom stereocenters. The maximum atomic E-state index is 15.3. The van der Waals surface area contributed by atoms with Crippen LogP contribution < -0.4 is 25.4 Å². The van der Waals surface area contributed by atoms with Gasteiger partial charge in [-0.05, 0) is 99.5 Å². The molecule has 1 atom stereocenters. The summed E-state index contributed by atoms with van der Waals surface area (Å²) in [5, 5.41) is 16.4. The van der Waals surface area contributed by atoms with Gasteiger partial charge in [0.1, 0.15) is 24.0 Å². The van der Waals surface area contributed by atoms with Gasteiger partial charge in [0.2, 0.25) is 17.7 Å². The van der Waals surface area contributed by atoms with E-state index < -0.39 is 17.8 Å². The minimum atomic E-state index is -0.742. The van der Waals surface area contributed by atoms with Gasteiger partial charge in [-0.25, -0.2) is 9.18 Å². The van der Waals surface area contributed by atoms with Crippen molar-refractivity contribution in [2.24, 2.45) is 0 Å². The number of aromatic hydroxyl groups is 1. The number of piperidine rings is 2. The van der Waals surface area contributed by atoms with Crippen LogP contribution >= 0.6 is 12.1 Å². The van der Waals surface area contributed by atoms with Crippen molar-refractivity contribution in [2.75, 3.05) is 35.8 Å². The standard InChI is InChI=1S/C34H36FN7O6S/c1-18(2)41-26-14-20(3-6-24(26)42(34(41)48)25-7-8-28(44)37-33(25)47)19-9-11-39(12-10-19)16-29(45)36-22-4-5-23-21(13-22)15-27(43)32(31(23)35)40-17-30(46)38-49-40/h3-6,13-15,18-19,25,43H,7-12,16-17H2,1-2H3,(H,36,45)(H,38,46)(H,37,44,47). The lowest BCUT2D eigenvalue weighted by Gasteiger charge is -2.31. The third kappa shape index (κ3) is 6.12. The van der Waals surface area contributed by atoms with E-state index in [1.165, 1.54) is 14.9 Å². The Morgan fingerprint density at radius 3 is 2.49 bits per heavy atom. The lowest BCUT2D eigenvalue weighted by molar-refractivity contribution is -0.135. The van der Waals surface area contributed by atoms with Gasteiger partial charge in [0.05, 0.1) is 29.7 Å². The van der Waals surface area contributed by atoms with Crippen LogP contribution in [0.3, 0.4) is 0 Å². The van der Waals surface area contributed by atoms with Crippen molar-refractivity contribution >= 4 is 68.9 Å². The monoisotopic (exact) mass is 689 g/mol. The van der Waals surface area contributed by atoms with Crippen LogP contribution in [0.15, 0.2) is 47.3 Å². The van der Waals surface area contributed by atoms with Crippen LogP contribution in [0.1, 0.15) is 63.1 Å². The zero-order valence-electron chi connectivity index (χ0n) is 27.0. The van der Waals surface area contributed by atoms with Gasteiger partial charge in [-0.2, -0.15) is 0 Å². The number of aromatic nitrogens is 2. The number of imidazole rings is 1. The first kappa shape index (κ1) is 32.6. The minimum absolute atomic E-state index is 0.0733. The molecule has 13 nitrogen and oxygen atoms in total. The first-order valence-corrected chi connectivity index (χ1v) is 17.1. The maximum absolute atomic E-state index is 15.3. The Kier molecular flexibility index (Phi) is 8.57. The molecule has 0 bridgehead atoms. The molecule has 4 heterocycles. The first-order chi connectivity index (χ1) is 23.5. The second-order valence-electron chi connectivity index (χ2n) is 13.1. The fourth-order valence-electron chi connectivity index (χ4n) is 7.15. The summed E-state index contributed by atoms with van der Waals surface area (Å²) < 4.78 is 22.4. The Bertz CT molecular complexity index is 2090. The van der Waals surface area contributed by atoms with Crippen molar-refractivity contribution in [3.05, 3.63) is 64.3 Å². The molecule has 15 heteroatoms. The van der Waals surface area contributed by atoms with Gasteiger partial charge in [0.15, 0.2) is 5.82 Å². The number of nitrogens with zero attached hydrogens (tertiary/aromatic N) is 4. The Morgan fingerprint density at radius 2 is 1.80 bits per heavy atom. The number of fused-ring (bicyclic) bond motifs is 2. The fraction of sp³-hybridized carbons (Fsp3) is 0.382. The second-order valence-corrected chi connectivity index (χ2v) is 13.9. The van der Waals surface area contributed by atoms with Crippen LogP contribution in [0.2, 0.25) is 0 Å². The SMILES string of the molecule is CC(C)n1c(=O)n(C2CCC(=O)NC2=O)c2ccc(C3CCN(CC(=O)Nc4ccc5c(F)c(N6CC(=O)NS6)c(O)cc5c4)CC3)cc21. The minimum Gasteiger partial charge on any atom is -0.506 e. The molecule has 7 rings (SSSR count). The molecule has 4 N–H and O–H groups in total. The van der Waals surface area contributed by atoms with Crippen molar-refractivity contribution in [2.45, 2.75) is 57.5 Å². The molecule has 0 radical (unpaired) electrons. The average molecular weight is 690 g/mol. The number of carbonyl (C=O) groups excluding carboxylic acids is 4. The van der Waals surface area contributed by atoms with Gasteiger partial charge in [-0.1, -0.05) is 6.07 Å². The molecule has 3 saturated heterocycles. The second kappa shape index (κ2) is 12.9. The maximum Gasteiger partial charge on any atom is 0.330 e. The number of halogens is 1. The predicted molar refractivity (Wildman–Crippen MR) is 184 cm³/mol. The highest BCUT2D eigenvalue weighted by atomic mass is 32.2. The summed E-state index contributed by atoms with van der Waals surface area (Å²) >= 11 is 0.913. The number of phenolic OH excluding ortho intramolecular Hbond substituents is 1. The Hall–Kier alpha value is -4.89. The average Bonchev–Trinajstić information content (AvgIpc) is 3.60. The predicted octanol–water partition coefficient (Wildman–Crippen LogP) is 3.68. The summed E-state index contributed by atoms with van der Waals surface area (Å²) in [5.41, 5.74) is 2.64. The van der Waals surface area contributed by atoms with Gasteiger partial charge in [0, 0.05) is 23.5 Å². The summed E-state index contributed by atoms with van der Waals surface area (Å²) in [6.45, 7) is 5.34. The van der Waals surface area contributed by atoms with Crippen LogP contribution in [-0.4, -0.2) is 68.9 Å². The fourth-order valence-corrected chi connectivity index (χ4v) is 7.87. The zero-order valence-corrected chi connectivity index (χ0v) is 27.8. The molecule has 4 amide bonds. The largest absolute Gasteiger partial charge is 0.506 e.